The monoisotopic (exact) mass is 792 g/mol. The van der Waals surface area contributed by atoms with Gasteiger partial charge in [-0.1, -0.05) is 219 Å². The van der Waals surface area contributed by atoms with Crippen LogP contribution >= 0.6 is 0 Å². The molecule has 0 aliphatic heterocycles. The van der Waals surface area contributed by atoms with Crippen molar-refractivity contribution >= 4 is 11.9 Å². The molecule has 0 fully saturated rings. The number of nitrogens with one attached hydrogen (secondary N) is 1. The lowest BCUT2D eigenvalue weighted by molar-refractivity contribution is -0.151. The van der Waals surface area contributed by atoms with Gasteiger partial charge in [0.15, 0.2) is 0 Å². The fourth-order valence-electron chi connectivity index (χ4n) is 7.78. The fourth-order valence-corrected chi connectivity index (χ4v) is 7.78. The predicted octanol–water partition coefficient (Wildman–Crippen LogP) is 14.6. The van der Waals surface area contributed by atoms with Crippen molar-refractivity contribution in [2.75, 3.05) is 6.61 Å². The van der Waals surface area contributed by atoms with Crippen molar-refractivity contribution < 1.29 is 24.5 Å². The van der Waals surface area contributed by atoms with Gasteiger partial charge in [0.25, 0.3) is 0 Å². The predicted molar refractivity (Wildman–Crippen MR) is 241 cm³/mol. The Kier molecular flexibility index (Phi) is 43.6. The summed E-state index contributed by atoms with van der Waals surface area (Å²) in [5, 5.41) is 23.7. The zero-order valence-electron chi connectivity index (χ0n) is 37.8. The van der Waals surface area contributed by atoms with E-state index in [1.807, 2.05) is 0 Å². The molecule has 6 heteroatoms. The number of aliphatic hydroxyl groups excluding tert-OH is 2. The minimum atomic E-state index is -0.785. The van der Waals surface area contributed by atoms with Gasteiger partial charge in [0, 0.05) is 6.42 Å². The Bertz CT molecular complexity index is 847. The summed E-state index contributed by atoms with van der Waals surface area (Å²) in [5.41, 5.74) is 0. The summed E-state index contributed by atoms with van der Waals surface area (Å²) in [6.45, 7) is 6.46. The highest BCUT2D eigenvalue weighted by molar-refractivity contribution is 5.77. The van der Waals surface area contributed by atoms with Gasteiger partial charge in [-0.15, -0.1) is 0 Å². The summed E-state index contributed by atoms with van der Waals surface area (Å²) in [7, 11) is 0. The first-order valence-corrected chi connectivity index (χ1v) is 24.9. The highest BCUT2D eigenvalue weighted by Gasteiger charge is 2.24. The molecular formula is C50H97NO5. The van der Waals surface area contributed by atoms with Gasteiger partial charge in [-0.2, -0.15) is 0 Å². The maximum Gasteiger partial charge on any atom is 0.306 e. The van der Waals surface area contributed by atoms with Crippen LogP contribution in [0.5, 0.6) is 0 Å². The summed E-state index contributed by atoms with van der Waals surface area (Å²) >= 11 is 0. The van der Waals surface area contributed by atoms with Crippen molar-refractivity contribution in [3.63, 3.8) is 0 Å². The number of hydrogen-bond donors (Lipinski definition) is 3. The Hall–Kier alpha value is -1.40. The van der Waals surface area contributed by atoms with Crippen LogP contribution in [0.3, 0.4) is 0 Å². The van der Waals surface area contributed by atoms with Crippen LogP contribution in [0.25, 0.3) is 0 Å². The number of aliphatic hydroxyl groups is 2. The number of rotatable bonds is 45. The summed E-state index contributed by atoms with van der Waals surface area (Å²) in [4.78, 5) is 26.0. The zero-order valence-corrected chi connectivity index (χ0v) is 37.8. The molecule has 0 aromatic heterocycles. The summed E-state index contributed by atoms with van der Waals surface area (Å²) in [6, 6.07) is -0.698. The first kappa shape index (κ1) is 54.6. The van der Waals surface area contributed by atoms with Crippen LogP contribution in [0.1, 0.15) is 271 Å². The molecule has 1 amide bonds. The van der Waals surface area contributed by atoms with Gasteiger partial charge in [-0.25, -0.2) is 0 Å². The Morgan fingerprint density at radius 3 is 1.30 bits per heavy atom. The van der Waals surface area contributed by atoms with Crippen LogP contribution in [0.15, 0.2) is 12.2 Å². The maximum atomic E-state index is 13.1. The van der Waals surface area contributed by atoms with E-state index in [1.165, 1.54) is 161 Å². The lowest BCUT2D eigenvalue weighted by Crippen LogP contribution is -2.46. The molecule has 0 aliphatic carbocycles. The molecule has 0 aliphatic rings. The number of amides is 1. The van der Waals surface area contributed by atoms with Gasteiger partial charge in [0.1, 0.15) is 6.10 Å². The number of hydrogen-bond acceptors (Lipinski definition) is 5. The fraction of sp³-hybridized carbons (Fsp3) is 0.920. The molecule has 0 saturated carbocycles. The highest BCUT2D eigenvalue weighted by atomic mass is 16.5. The van der Waals surface area contributed by atoms with Crippen molar-refractivity contribution in [2.45, 2.75) is 289 Å². The highest BCUT2D eigenvalue weighted by Crippen LogP contribution is 2.18. The van der Waals surface area contributed by atoms with Crippen LogP contribution in [-0.2, 0) is 14.3 Å². The minimum Gasteiger partial charge on any atom is -0.462 e. The Balaban J connectivity index is 4.45. The third kappa shape index (κ3) is 39.4. The third-order valence-corrected chi connectivity index (χ3v) is 11.6. The Labute approximate surface area is 349 Å². The molecule has 0 radical (unpaired) electrons. The number of carbonyl (C=O) groups excluding carboxylic acids is 2. The lowest BCUT2D eigenvalue weighted by Gasteiger charge is -2.24. The smallest absolute Gasteiger partial charge is 0.306 e. The summed E-state index contributed by atoms with van der Waals surface area (Å²) in [6.07, 6.45) is 48.4. The van der Waals surface area contributed by atoms with Crippen molar-refractivity contribution in [1.29, 1.82) is 0 Å². The van der Waals surface area contributed by atoms with Crippen LogP contribution in [0.4, 0.5) is 0 Å². The average molecular weight is 792 g/mol. The number of unbranched alkanes of at least 4 members (excludes halogenated alkanes) is 31. The summed E-state index contributed by atoms with van der Waals surface area (Å²) < 4.78 is 5.90. The Morgan fingerprint density at radius 2 is 0.857 bits per heavy atom. The van der Waals surface area contributed by atoms with Gasteiger partial charge in [0.05, 0.1) is 25.2 Å². The van der Waals surface area contributed by atoms with Gasteiger partial charge in [-0.3, -0.25) is 9.59 Å². The molecule has 0 saturated heterocycles. The van der Waals surface area contributed by atoms with E-state index in [2.05, 4.69) is 38.2 Å². The molecule has 0 spiro atoms. The second kappa shape index (κ2) is 44.7. The van der Waals surface area contributed by atoms with E-state index in [-0.39, 0.29) is 24.9 Å². The largest absolute Gasteiger partial charge is 0.462 e. The minimum absolute atomic E-state index is 0.0730. The normalized spacial score (nSPS) is 13.3. The molecule has 0 heterocycles. The topological polar surface area (TPSA) is 95.9 Å². The van der Waals surface area contributed by atoms with Gasteiger partial charge >= 0.3 is 5.97 Å². The molecular weight excluding hydrogens is 695 g/mol. The molecule has 6 nitrogen and oxygen atoms in total. The van der Waals surface area contributed by atoms with Gasteiger partial charge in [0.2, 0.25) is 5.91 Å². The average Bonchev–Trinajstić information content (AvgIpc) is 3.19. The molecule has 0 aromatic carbocycles. The molecule has 0 aromatic rings. The first-order valence-electron chi connectivity index (χ1n) is 24.9. The van der Waals surface area contributed by atoms with E-state index < -0.39 is 18.2 Å². The SMILES string of the molecule is CCCCC/C=C\CCCCCC(CC(=O)NC(CO)C(O)CCCCCCCCCCCCCCCCCC)OC(=O)CCCCCCCCCCCCC. The maximum absolute atomic E-state index is 13.1. The van der Waals surface area contributed by atoms with E-state index in [9.17, 15) is 19.8 Å². The molecule has 332 valence electrons. The van der Waals surface area contributed by atoms with E-state index in [0.717, 1.165) is 64.2 Å². The number of esters is 1. The van der Waals surface area contributed by atoms with Crippen LogP contribution in [0, 0.1) is 0 Å². The molecule has 3 atom stereocenters. The number of carbonyl (C=O) groups is 2. The molecule has 3 N–H and O–H groups in total. The first-order chi connectivity index (χ1) is 27.5. The second-order valence-electron chi connectivity index (χ2n) is 17.2. The number of ether oxygens (including phenoxy) is 1. The molecule has 56 heavy (non-hydrogen) atoms. The van der Waals surface area contributed by atoms with Crippen LogP contribution in [-0.4, -0.2) is 46.9 Å². The van der Waals surface area contributed by atoms with E-state index in [1.54, 1.807) is 0 Å². The Morgan fingerprint density at radius 1 is 0.500 bits per heavy atom. The molecule has 3 unspecified atom stereocenters. The van der Waals surface area contributed by atoms with E-state index in [0.29, 0.717) is 19.3 Å². The lowest BCUT2D eigenvalue weighted by atomic mass is 10.0. The number of allylic oxidation sites excluding steroid dienone is 2. The standard InChI is InChI=1S/C50H97NO5/c1-4-7-10-13-16-19-22-23-24-25-26-28-30-33-36-39-42-48(53)47(45-52)51-49(54)44-46(41-38-35-32-29-21-18-15-12-9-6-3)56-50(55)43-40-37-34-31-27-20-17-14-11-8-5-2/h18,21,46-48,52-53H,4-17,19-20,22-45H2,1-3H3,(H,51,54)/b21-18-. The van der Waals surface area contributed by atoms with Crippen molar-refractivity contribution in [2.24, 2.45) is 0 Å². The third-order valence-electron chi connectivity index (χ3n) is 11.6. The van der Waals surface area contributed by atoms with Crippen molar-refractivity contribution in [1.82, 2.24) is 5.32 Å². The van der Waals surface area contributed by atoms with Gasteiger partial charge < -0.3 is 20.3 Å². The van der Waals surface area contributed by atoms with Crippen LogP contribution in [0.2, 0.25) is 0 Å². The molecule has 0 rings (SSSR count). The van der Waals surface area contributed by atoms with Gasteiger partial charge in [-0.05, 0) is 51.4 Å². The second-order valence-corrected chi connectivity index (χ2v) is 17.2. The van der Waals surface area contributed by atoms with E-state index in [4.69, 9.17) is 4.74 Å². The quantitative estimate of drug-likeness (QED) is 0.0324. The van der Waals surface area contributed by atoms with E-state index >= 15 is 0 Å². The zero-order chi connectivity index (χ0) is 41.0. The van der Waals surface area contributed by atoms with Crippen molar-refractivity contribution in [3.8, 4) is 0 Å². The van der Waals surface area contributed by atoms with Crippen molar-refractivity contribution in [3.05, 3.63) is 12.2 Å². The van der Waals surface area contributed by atoms with Crippen LogP contribution < -0.4 is 5.32 Å². The summed E-state index contributed by atoms with van der Waals surface area (Å²) in [5.74, 6) is -0.478. The molecule has 0 bridgehead atoms.